The molecule has 136 valence electrons. The maximum absolute atomic E-state index is 11.8. The predicted molar refractivity (Wildman–Crippen MR) is 92.2 cm³/mol. The van der Waals surface area contributed by atoms with Gasteiger partial charge in [-0.3, -0.25) is 18.8 Å². The zero-order chi connectivity index (χ0) is 17.6. The number of aliphatic hydroxyl groups excluding tert-OH is 1. The predicted octanol–water partition coefficient (Wildman–Crippen LogP) is -1.81. The van der Waals surface area contributed by atoms with Gasteiger partial charge in [0.15, 0.2) is 0 Å². The Labute approximate surface area is 141 Å². The highest BCUT2D eigenvalue weighted by atomic mass is 32.2. The molecule has 1 amide bonds. The lowest BCUT2D eigenvalue weighted by Crippen LogP contribution is -2.41. The highest BCUT2D eigenvalue weighted by Gasteiger charge is 2.15. The minimum atomic E-state index is -1.16. The Morgan fingerprint density at radius 1 is 1.33 bits per heavy atom. The van der Waals surface area contributed by atoms with E-state index in [2.05, 4.69) is 15.3 Å². The van der Waals surface area contributed by atoms with Gasteiger partial charge in [-0.05, 0) is 13.0 Å². The fourth-order valence-electron chi connectivity index (χ4n) is 1.75. The average Bonchev–Trinajstić information content (AvgIpc) is 2.44. The van der Waals surface area contributed by atoms with Crippen molar-refractivity contribution < 1.29 is 19.6 Å². The van der Waals surface area contributed by atoms with Gasteiger partial charge >= 0.3 is 5.69 Å². The van der Waals surface area contributed by atoms with E-state index in [0.717, 1.165) is 6.08 Å². The third-order valence-corrected chi connectivity index (χ3v) is 4.82. The number of aromatic nitrogens is 2. The smallest absolute Gasteiger partial charge is 0.325 e. The number of aromatic amines is 2. The third kappa shape index (κ3) is 6.60. The summed E-state index contributed by atoms with van der Waals surface area (Å²) in [7, 11) is -1.16. The first-order valence-corrected chi connectivity index (χ1v) is 8.42. The van der Waals surface area contributed by atoms with Gasteiger partial charge in [-0.1, -0.05) is 13.8 Å². The van der Waals surface area contributed by atoms with Gasteiger partial charge < -0.3 is 20.9 Å². The molecule has 0 saturated carbocycles. The fourth-order valence-corrected chi connectivity index (χ4v) is 2.72. The summed E-state index contributed by atoms with van der Waals surface area (Å²) in [5.74, 6) is -0.388. The molecule has 0 radical (unpaired) electrons. The first-order valence-electron chi connectivity index (χ1n) is 7.04. The van der Waals surface area contributed by atoms with Crippen LogP contribution in [0.5, 0.6) is 0 Å². The summed E-state index contributed by atoms with van der Waals surface area (Å²) in [6.45, 7) is 4.78. The van der Waals surface area contributed by atoms with Gasteiger partial charge in [0.2, 0.25) is 5.91 Å². The van der Waals surface area contributed by atoms with E-state index < -0.39 is 34.0 Å². The van der Waals surface area contributed by atoms with Crippen molar-refractivity contribution in [1.29, 1.82) is 0 Å². The number of hydrogen-bond acceptors (Lipinski definition) is 5. The van der Waals surface area contributed by atoms with Crippen LogP contribution in [0.25, 0.3) is 6.08 Å². The average molecular weight is 361 g/mol. The van der Waals surface area contributed by atoms with Crippen molar-refractivity contribution in [3.63, 3.8) is 0 Å². The summed E-state index contributed by atoms with van der Waals surface area (Å²) in [5, 5.41) is 11.7. The summed E-state index contributed by atoms with van der Waals surface area (Å²) < 4.78 is 11.7. The first kappa shape index (κ1) is 22.0. The third-order valence-electron chi connectivity index (χ3n) is 3.04. The number of aliphatic hydroxyl groups is 1. The molecule has 1 aromatic rings. The van der Waals surface area contributed by atoms with Crippen molar-refractivity contribution in [2.24, 2.45) is 0 Å². The van der Waals surface area contributed by atoms with Crippen LogP contribution in [0.3, 0.4) is 0 Å². The van der Waals surface area contributed by atoms with E-state index in [-0.39, 0.29) is 28.6 Å². The van der Waals surface area contributed by atoms with Crippen LogP contribution in [0.2, 0.25) is 0 Å². The van der Waals surface area contributed by atoms with Crippen molar-refractivity contribution in [2.45, 2.75) is 32.1 Å². The molecule has 2 atom stereocenters. The zero-order valence-electron chi connectivity index (χ0n) is 13.7. The van der Waals surface area contributed by atoms with Crippen molar-refractivity contribution in [1.82, 2.24) is 15.3 Å². The molecular formula is C14H23N3O6S. The quantitative estimate of drug-likeness (QED) is 0.420. The molecule has 0 spiro atoms. The number of hydrogen-bond donors (Lipinski definition) is 4. The molecule has 10 heteroatoms. The van der Waals surface area contributed by atoms with Crippen molar-refractivity contribution in [2.75, 3.05) is 12.4 Å². The molecule has 1 rings (SSSR count). The van der Waals surface area contributed by atoms with Crippen LogP contribution < -0.4 is 16.6 Å². The molecule has 0 aliphatic carbocycles. The lowest BCUT2D eigenvalue weighted by Gasteiger charge is -2.16. The monoisotopic (exact) mass is 361 g/mol. The highest BCUT2D eigenvalue weighted by Crippen LogP contribution is 2.00. The van der Waals surface area contributed by atoms with Gasteiger partial charge in [0.1, 0.15) is 0 Å². The molecule has 2 unspecified atom stereocenters. The second-order valence-electron chi connectivity index (χ2n) is 5.26. The van der Waals surface area contributed by atoms with E-state index in [0.29, 0.717) is 5.69 Å². The summed E-state index contributed by atoms with van der Waals surface area (Å²) in [5.41, 5.74) is -0.728. The van der Waals surface area contributed by atoms with Crippen molar-refractivity contribution in [3.05, 3.63) is 38.2 Å². The van der Waals surface area contributed by atoms with Gasteiger partial charge in [-0.15, -0.1) is 0 Å². The van der Waals surface area contributed by atoms with Gasteiger partial charge in [0.05, 0.1) is 18.2 Å². The summed E-state index contributed by atoms with van der Waals surface area (Å²) in [6.07, 6.45) is 2.39. The zero-order valence-corrected chi connectivity index (χ0v) is 14.5. The van der Waals surface area contributed by atoms with Crippen LogP contribution in [0, 0.1) is 6.92 Å². The number of amides is 1. The molecule has 1 heterocycles. The fraction of sp³-hybridized carbons (Fsp3) is 0.500. The lowest BCUT2D eigenvalue weighted by molar-refractivity contribution is -0.117. The standard InChI is InChI=1S/C14H21N3O5S.H2O/c1-8(2)23(22)7-10(6-18)16-12(19)5-4-11-9(3)15-14(21)17-13(11)20;/h4-5,8,10,18H,6-7H2,1-3H3,(H,16,19)(H2,15,17,20,21);1H2/b5-4+;. The number of rotatable bonds is 7. The first-order chi connectivity index (χ1) is 10.7. The highest BCUT2D eigenvalue weighted by molar-refractivity contribution is 7.85. The largest absolute Gasteiger partial charge is 0.412 e. The van der Waals surface area contributed by atoms with Crippen molar-refractivity contribution in [3.8, 4) is 0 Å². The molecule has 0 aliphatic heterocycles. The number of aryl methyl sites for hydroxylation is 1. The Morgan fingerprint density at radius 3 is 2.46 bits per heavy atom. The molecular weight excluding hydrogens is 338 g/mol. The number of nitrogens with one attached hydrogen (secondary N) is 3. The molecule has 24 heavy (non-hydrogen) atoms. The Hall–Kier alpha value is -2.04. The van der Waals surface area contributed by atoms with Crippen LogP contribution in [0.15, 0.2) is 15.7 Å². The van der Waals surface area contributed by atoms with Gasteiger partial charge in [-0.2, -0.15) is 0 Å². The molecule has 1 aromatic heterocycles. The second kappa shape index (κ2) is 9.96. The van der Waals surface area contributed by atoms with E-state index >= 15 is 0 Å². The van der Waals surface area contributed by atoms with E-state index in [9.17, 15) is 23.7 Å². The molecule has 0 aromatic carbocycles. The molecule has 0 bridgehead atoms. The van der Waals surface area contributed by atoms with E-state index in [1.807, 2.05) is 0 Å². The summed E-state index contributed by atoms with van der Waals surface area (Å²) >= 11 is 0. The van der Waals surface area contributed by atoms with Crippen LogP contribution >= 0.6 is 0 Å². The SMILES string of the molecule is Cc1[nH]c(=O)[nH]c(=O)c1/C=C/C(=O)NC(CO)CS(=O)C(C)C.O. The van der Waals surface area contributed by atoms with E-state index in [1.165, 1.54) is 13.0 Å². The number of carbonyl (C=O) groups excluding carboxylic acids is 1. The molecule has 0 saturated heterocycles. The van der Waals surface area contributed by atoms with Gasteiger partial charge in [-0.25, -0.2) is 4.79 Å². The molecule has 0 aliphatic rings. The Bertz CT molecular complexity index is 722. The molecule has 9 nitrogen and oxygen atoms in total. The molecule has 6 N–H and O–H groups in total. The van der Waals surface area contributed by atoms with E-state index in [1.54, 1.807) is 13.8 Å². The normalized spacial score (nSPS) is 13.5. The minimum absolute atomic E-state index is 0. The Balaban J connectivity index is 0.00000529. The van der Waals surface area contributed by atoms with Gasteiger partial charge in [0, 0.05) is 33.6 Å². The van der Waals surface area contributed by atoms with Crippen molar-refractivity contribution >= 4 is 22.8 Å². The number of carbonyl (C=O) groups is 1. The summed E-state index contributed by atoms with van der Waals surface area (Å²) in [4.78, 5) is 39.0. The van der Waals surface area contributed by atoms with Gasteiger partial charge in [0.25, 0.3) is 5.56 Å². The summed E-state index contributed by atoms with van der Waals surface area (Å²) in [6, 6.07) is -0.634. The maximum Gasteiger partial charge on any atom is 0.325 e. The van der Waals surface area contributed by atoms with Crippen LogP contribution in [-0.2, 0) is 15.6 Å². The topological polar surface area (TPSA) is 164 Å². The van der Waals surface area contributed by atoms with Crippen LogP contribution in [-0.4, -0.2) is 54.3 Å². The van der Waals surface area contributed by atoms with Crippen LogP contribution in [0.1, 0.15) is 25.1 Å². The van der Waals surface area contributed by atoms with E-state index in [4.69, 9.17) is 0 Å². The van der Waals surface area contributed by atoms with Crippen LogP contribution in [0.4, 0.5) is 0 Å². The lowest BCUT2D eigenvalue weighted by atomic mass is 10.2. The Kier molecular flexibility index (Phi) is 9.11. The molecule has 0 fully saturated rings. The maximum atomic E-state index is 11.8. The second-order valence-corrected chi connectivity index (χ2v) is 7.30. The minimum Gasteiger partial charge on any atom is -0.412 e. The number of H-pyrrole nitrogens is 2. The Morgan fingerprint density at radius 2 is 1.96 bits per heavy atom.